The van der Waals surface area contributed by atoms with E-state index in [-0.39, 0.29) is 5.91 Å². The minimum Gasteiger partial charge on any atom is -0.487 e. The van der Waals surface area contributed by atoms with Crippen molar-refractivity contribution in [3.63, 3.8) is 0 Å². The molecule has 4 nitrogen and oxygen atoms in total. The van der Waals surface area contributed by atoms with Gasteiger partial charge in [-0.15, -0.1) is 0 Å². The minimum absolute atomic E-state index is 0.162. The summed E-state index contributed by atoms with van der Waals surface area (Å²) < 4.78 is 5.58. The van der Waals surface area contributed by atoms with Crippen LogP contribution in [0.2, 0.25) is 0 Å². The Morgan fingerprint density at radius 1 is 1.24 bits per heavy atom. The molecule has 0 atom stereocenters. The van der Waals surface area contributed by atoms with E-state index in [4.69, 9.17) is 4.74 Å². The first-order valence-corrected chi connectivity index (χ1v) is 7.65. The number of likely N-dealkylation sites (tertiary alicyclic amines) is 1. The van der Waals surface area contributed by atoms with Gasteiger partial charge < -0.3 is 15.0 Å². The molecule has 4 heteroatoms. The fraction of sp³-hybridized carbons (Fsp3) is 0.471. The van der Waals surface area contributed by atoms with Crippen LogP contribution in [0.25, 0.3) is 0 Å². The maximum Gasteiger partial charge on any atom is 0.241 e. The van der Waals surface area contributed by atoms with Gasteiger partial charge in [0.2, 0.25) is 5.91 Å². The molecule has 1 heterocycles. The zero-order valence-electron chi connectivity index (χ0n) is 12.5. The summed E-state index contributed by atoms with van der Waals surface area (Å²) in [5.41, 5.74) is 0.850. The third-order valence-corrected chi connectivity index (χ3v) is 3.63. The predicted molar refractivity (Wildman–Crippen MR) is 85.7 cm³/mol. The number of nitrogens with one attached hydrogen (secondary N) is 1. The highest BCUT2D eigenvalue weighted by Gasteiger charge is 2.15. The van der Waals surface area contributed by atoms with Gasteiger partial charge in [-0.3, -0.25) is 4.79 Å². The number of benzene rings is 1. The normalized spacial score (nSPS) is 15.1. The van der Waals surface area contributed by atoms with Crippen LogP contribution in [0, 0.1) is 0 Å². The molecule has 1 aromatic carbocycles. The molecule has 114 valence electrons. The number of hydrogen-bond acceptors (Lipinski definition) is 3. The van der Waals surface area contributed by atoms with Crippen LogP contribution in [-0.2, 0) is 4.79 Å². The van der Waals surface area contributed by atoms with E-state index in [1.54, 1.807) is 6.08 Å². The first-order valence-electron chi connectivity index (χ1n) is 7.65. The number of amides is 1. The standard InChI is InChI=1S/C17H24N2O2/c1-2-13-21-16-10-6-5-9-15(16)18-14-17(20)19-11-7-3-4-8-12-19/h2,5-6,9-10,18H,1,3-4,7-8,11-14H2. The Bertz CT molecular complexity index is 466. The zero-order valence-corrected chi connectivity index (χ0v) is 12.5. The number of nitrogens with zero attached hydrogens (tertiary/aromatic N) is 1. The summed E-state index contributed by atoms with van der Waals surface area (Å²) in [6.45, 7) is 6.18. The maximum absolute atomic E-state index is 12.3. The lowest BCUT2D eigenvalue weighted by atomic mass is 10.2. The van der Waals surface area contributed by atoms with Gasteiger partial charge in [-0.05, 0) is 25.0 Å². The van der Waals surface area contributed by atoms with Gasteiger partial charge >= 0.3 is 0 Å². The summed E-state index contributed by atoms with van der Waals surface area (Å²) in [4.78, 5) is 14.2. The molecular weight excluding hydrogens is 264 g/mol. The molecule has 1 amide bonds. The summed E-state index contributed by atoms with van der Waals surface area (Å²) in [5, 5.41) is 3.19. The van der Waals surface area contributed by atoms with Crippen LogP contribution >= 0.6 is 0 Å². The van der Waals surface area contributed by atoms with Crippen molar-refractivity contribution in [2.75, 3.05) is 31.6 Å². The maximum atomic E-state index is 12.3. The number of rotatable bonds is 6. The van der Waals surface area contributed by atoms with Crippen LogP contribution in [0.1, 0.15) is 25.7 Å². The SMILES string of the molecule is C=CCOc1ccccc1NCC(=O)N1CCCCCC1. The second-order valence-corrected chi connectivity index (χ2v) is 5.24. The van der Waals surface area contributed by atoms with Crippen LogP contribution < -0.4 is 10.1 Å². The van der Waals surface area contributed by atoms with Crippen molar-refractivity contribution in [2.45, 2.75) is 25.7 Å². The Morgan fingerprint density at radius 2 is 1.95 bits per heavy atom. The molecule has 0 aliphatic carbocycles. The van der Waals surface area contributed by atoms with E-state index in [0.717, 1.165) is 37.4 Å². The molecule has 0 saturated carbocycles. The highest BCUT2D eigenvalue weighted by Crippen LogP contribution is 2.23. The Balaban J connectivity index is 1.89. The largest absolute Gasteiger partial charge is 0.487 e. The average Bonchev–Trinajstić information content (AvgIpc) is 2.80. The van der Waals surface area contributed by atoms with Crippen molar-refractivity contribution in [2.24, 2.45) is 0 Å². The molecule has 21 heavy (non-hydrogen) atoms. The lowest BCUT2D eigenvalue weighted by Crippen LogP contribution is -2.36. The second kappa shape index (κ2) is 8.35. The van der Waals surface area contributed by atoms with Gasteiger partial charge in [0.15, 0.2) is 0 Å². The van der Waals surface area contributed by atoms with Crippen molar-refractivity contribution >= 4 is 11.6 Å². The third kappa shape index (κ3) is 4.81. The van der Waals surface area contributed by atoms with Crippen molar-refractivity contribution in [3.8, 4) is 5.75 Å². The van der Waals surface area contributed by atoms with E-state index in [2.05, 4.69) is 11.9 Å². The van der Waals surface area contributed by atoms with Crippen LogP contribution in [0.3, 0.4) is 0 Å². The van der Waals surface area contributed by atoms with E-state index < -0.39 is 0 Å². The van der Waals surface area contributed by atoms with Gasteiger partial charge in [0, 0.05) is 13.1 Å². The fourth-order valence-electron chi connectivity index (χ4n) is 2.49. The molecule has 1 aromatic rings. The Morgan fingerprint density at radius 3 is 2.67 bits per heavy atom. The number of para-hydroxylation sites is 2. The Labute approximate surface area is 126 Å². The van der Waals surface area contributed by atoms with Gasteiger partial charge in [-0.1, -0.05) is 37.6 Å². The van der Waals surface area contributed by atoms with Gasteiger partial charge in [0.25, 0.3) is 0 Å². The molecule has 1 saturated heterocycles. The minimum atomic E-state index is 0.162. The van der Waals surface area contributed by atoms with Gasteiger partial charge in [-0.25, -0.2) is 0 Å². The summed E-state index contributed by atoms with van der Waals surface area (Å²) >= 11 is 0. The van der Waals surface area contributed by atoms with E-state index >= 15 is 0 Å². The quantitative estimate of drug-likeness (QED) is 0.818. The van der Waals surface area contributed by atoms with E-state index in [9.17, 15) is 4.79 Å². The molecule has 1 N–H and O–H groups in total. The molecule has 0 spiro atoms. The van der Waals surface area contributed by atoms with E-state index in [0.29, 0.717) is 13.2 Å². The van der Waals surface area contributed by atoms with Crippen molar-refractivity contribution in [1.29, 1.82) is 0 Å². The van der Waals surface area contributed by atoms with Crippen LogP contribution in [0.4, 0.5) is 5.69 Å². The lowest BCUT2D eigenvalue weighted by Gasteiger charge is -2.21. The predicted octanol–water partition coefficient (Wildman–Crippen LogP) is 3.07. The lowest BCUT2D eigenvalue weighted by molar-refractivity contribution is -0.129. The smallest absolute Gasteiger partial charge is 0.241 e. The highest BCUT2D eigenvalue weighted by atomic mass is 16.5. The van der Waals surface area contributed by atoms with Gasteiger partial charge in [-0.2, -0.15) is 0 Å². The number of ether oxygens (including phenoxy) is 1. The number of anilines is 1. The first kappa shape index (κ1) is 15.4. The molecule has 0 radical (unpaired) electrons. The Kier molecular flexibility index (Phi) is 6.13. The Hall–Kier alpha value is -1.97. The molecule has 0 aromatic heterocycles. The highest BCUT2D eigenvalue weighted by molar-refractivity contribution is 5.81. The summed E-state index contributed by atoms with van der Waals surface area (Å²) in [5.74, 6) is 0.913. The van der Waals surface area contributed by atoms with Crippen molar-refractivity contribution in [1.82, 2.24) is 4.90 Å². The molecular formula is C17H24N2O2. The monoisotopic (exact) mass is 288 g/mol. The average molecular weight is 288 g/mol. The fourth-order valence-corrected chi connectivity index (χ4v) is 2.49. The summed E-state index contributed by atoms with van der Waals surface area (Å²) in [6.07, 6.45) is 6.40. The first-order chi connectivity index (χ1) is 10.3. The molecule has 0 bridgehead atoms. The van der Waals surface area contributed by atoms with Crippen LogP contribution in [0.5, 0.6) is 5.75 Å². The second-order valence-electron chi connectivity index (χ2n) is 5.24. The number of hydrogen-bond donors (Lipinski definition) is 1. The topological polar surface area (TPSA) is 41.6 Å². The van der Waals surface area contributed by atoms with Crippen LogP contribution in [0.15, 0.2) is 36.9 Å². The van der Waals surface area contributed by atoms with Crippen LogP contribution in [-0.4, -0.2) is 37.0 Å². The molecule has 0 unspecified atom stereocenters. The van der Waals surface area contributed by atoms with Gasteiger partial charge in [0.1, 0.15) is 12.4 Å². The van der Waals surface area contributed by atoms with Gasteiger partial charge in [0.05, 0.1) is 12.2 Å². The number of carbonyl (C=O) groups excluding carboxylic acids is 1. The third-order valence-electron chi connectivity index (χ3n) is 3.63. The molecule has 2 rings (SSSR count). The summed E-state index contributed by atoms with van der Waals surface area (Å²) in [6, 6.07) is 7.66. The summed E-state index contributed by atoms with van der Waals surface area (Å²) in [7, 11) is 0. The zero-order chi connectivity index (χ0) is 14.9. The molecule has 1 fully saturated rings. The van der Waals surface area contributed by atoms with E-state index in [1.807, 2.05) is 29.2 Å². The van der Waals surface area contributed by atoms with Crippen molar-refractivity contribution < 1.29 is 9.53 Å². The van der Waals surface area contributed by atoms with E-state index in [1.165, 1.54) is 12.8 Å². The van der Waals surface area contributed by atoms with Crippen molar-refractivity contribution in [3.05, 3.63) is 36.9 Å². The molecule has 1 aliphatic heterocycles. The number of carbonyl (C=O) groups is 1. The molecule has 1 aliphatic rings.